The molecule has 1 aromatic rings. The molecule has 0 spiro atoms. The number of hydrogen-bond acceptors (Lipinski definition) is 3. The molecule has 2 bridgehead atoms. The van der Waals surface area contributed by atoms with Gasteiger partial charge in [0.25, 0.3) is 0 Å². The summed E-state index contributed by atoms with van der Waals surface area (Å²) < 4.78 is 18.7. The summed E-state index contributed by atoms with van der Waals surface area (Å²) in [6.07, 6.45) is 5.87. The highest BCUT2D eigenvalue weighted by Crippen LogP contribution is 2.46. The summed E-state index contributed by atoms with van der Waals surface area (Å²) in [6.45, 7) is 0. The van der Waals surface area contributed by atoms with Gasteiger partial charge in [0, 0.05) is 23.0 Å². The molecule has 20 heavy (non-hydrogen) atoms. The summed E-state index contributed by atoms with van der Waals surface area (Å²) in [6, 6.07) is 4.72. The third kappa shape index (κ3) is 3.12. The quantitative estimate of drug-likeness (QED) is 0.925. The standard InChI is InChI=1S/C16H21FO2S/c1-19-13-6-11(5-12(17)7-13)8-16(18)9-14-3-2-4-15(10-16)20-14/h5-7,14-15,18H,2-4,8-10H2,1H3. The number of ether oxygens (including phenoxy) is 1. The predicted octanol–water partition coefficient (Wildman–Crippen LogP) is 3.56. The lowest BCUT2D eigenvalue weighted by Crippen LogP contribution is -2.44. The van der Waals surface area contributed by atoms with Gasteiger partial charge in [-0.05, 0) is 43.4 Å². The smallest absolute Gasteiger partial charge is 0.127 e. The largest absolute Gasteiger partial charge is 0.497 e. The Bertz CT molecular complexity index is 479. The Morgan fingerprint density at radius 1 is 1.30 bits per heavy atom. The van der Waals surface area contributed by atoms with E-state index in [4.69, 9.17) is 4.74 Å². The second-order valence-corrected chi connectivity index (χ2v) is 7.73. The summed E-state index contributed by atoms with van der Waals surface area (Å²) in [4.78, 5) is 0. The van der Waals surface area contributed by atoms with Crippen molar-refractivity contribution in [1.82, 2.24) is 0 Å². The first-order valence-corrected chi connectivity index (χ1v) is 8.22. The van der Waals surface area contributed by atoms with Gasteiger partial charge in [-0.15, -0.1) is 0 Å². The summed E-state index contributed by atoms with van der Waals surface area (Å²) in [5.74, 6) is 0.224. The molecule has 2 atom stereocenters. The summed E-state index contributed by atoms with van der Waals surface area (Å²) in [5.41, 5.74) is 0.147. The molecular formula is C16H21FO2S. The normalized spacial score (nSPS) is 33.0. The van der Waals surface area contributed by atoms with E-state index < -0.39 is 5.60 Å². The first-order chi connectivity index (χ1) is 9.56. The van der Waals surface area contributed by atoms with E-state index in [1.54, 1.807) is 0 Å². The summed E-state index contributed by atoms with van der Waals surface area (Å²) >= 11 is 2.04. The number of rotatable bonds is 3. The molecule has 4 heteroatoms. The molecule has 2 nitrogen and oxygen atoms in total. The molecular weight excluding hydrogens is 275 g/mol. The average molecular weight is 296 g/mol. The third-order valence-electron chi connectivity index (χ3n) is 4.35. The molecule has 1 aromatic carbocycles. The number of benzene rings is 1. The summed E-state index contributed by atoms with van der Waals surface area (Å²) in [5, 5.41) is 12.1. The van der Waals surface area contributed by atoms with Crippen molar-refractivity contribution in [2.24, 2.45) is 0 Å². The van der Waals surface area contributed by atoms with Gasteiger partial charge in [-0.3, -0.25) is 0 Å². The zero-order valence-corrected chi connectivity index (χ0v) is 12.6. The lowest BCUT2D eigenvalue weighted by atomic mass is 9.81. The van der Waals surface area contributed by atoms with Gasteiger partial charge in [-0.2, -0.15) is 11.8 Å². The van der Waals surface area contributed by atoms with Crippen LogP contribution in [0, 0.1) is 5.82 Å². The van der Waals surface area contributed by atoms with Crippen LogP contribution in [0.15, 0.2) is 18.2 Å². The number of hydrogen-bond donors (Lipinski definition) is 1. The number of fused-ring (bicyclic) bond motifs is 2. The molecule has 0 radical (unpaired) electrons. The van der Waals surface area contributed by atoms with Crippen molar-refractivity contribution in [3.05, 3.63) is 29.6 Å². The van der Waals surface area contributed by atoms with Crippen molar-refractivity contribution in [3.63, 3.8) is 0 Å². The maximum atomic E-state index is 13.6. The molecule has 2 unspecified atom stereocenters. The molecule has 0 aromatic heterocycles. The highest BCUT2D eigenvalue weighted by atomic mass is 32.2. The Labute approximate surface area is 123 Å². The molecule has 3 rings (SSSR count). The second kappa shape index (κ2) is 5.57. The Hall–Kier alpha value is -0.740. The first kappa shape index (κ1) is 14.2. The van der Waals surface area contributed by atoms with Crippen molar-refractivity contribution in [2.75, 3.05) is 7.11 Å². The van der Waals surface area contributed by atoms with Gasteiger partial charge in [-0.25, -0.2) is 4.39 Å². The van der Waals surface area contributed by atoms with Crippen molar-refractivity contribution < 1.29 is 14.2 Å². The van der Waals surface area contributed by atoms with Crippen LogP contribution in [-0.4, -0.2) is 28.3 Å². The van der Waals surface area contributed by atoms with Gasteiger partial charge >= 0.3 is 0 Å². The SMILES string of the molecule is COc1cc(F)cc(CC2(O)CC3CCCC(C2)S3)c1. The van der Waals surface area contributed by atoms with E-state index in [2.05, 4.69) is 0 Å². The van der Waals surface area contributed by atoms with E-state index in [0.717, 1.165) is 18.4 Å². The maximum absolute atomic E-state index is 13.6. The van der Waals surface area contributed by atoms with Gasteiger partial charge < -0.3 is 9.84 Å². The Morgan fingerprint density at radius 2 is 2.00 bits per heavy atom. The van der Waals surface area contributed by atoms with Crippen molar-refractivity contribution in [1.29, 1.82) is 0 Å². The third-order valence-corrected chi connectivity index (χ3v) is 5.93. The Balaban J connectivity index is 1.77. The molecule has 2 aliphatic rings. The molecule has 0 saturated carbocycles. The highest BCUT2D eigenvalue weighted by Gasteiger charge is 2.41. The zero-order valence-electron chi connectivity index (χ0n) is 11.8. The maximum Gasteiger partial charge on any atom is 0.127 e. The van der Waals surface area contributed by atoms with Crippen LogP contribution in [-0.2, 0) is 6.42 Å². The Kier molecular flexibility index (Phi) is 3.95. The monoisotopic (exact) mass is 296 g/mol. The zero-order chi connectivity index (χ0) is 14.2. The minimum atomic E-state index is -0.681. The molecule has 2 heterocycles. The van der Waals surface area contributed by atoms with Gasteiger partial charge in [0.15, 0.2) is 0 Å². The van der Waals surface area contributed by atoms with Crippen LogP contribution >= 0.6 is 11.8 Å². The molecule has 0 aliphatic carbocycles. The van der Waals surface area contributed by atoms with E-state index in [-0.39, 0.29) is 5.82 Å². The van der Waals surface area contributed by atoms with Crippen LogP contribution in [0.1, 0.15) is 37.7 Å². The predicted molar refractivity (Wildman–Crippen MR) is 79.9 cm³/mol. The number of thioether (sulfide) groups is 1. The van der Waals surface area contributed by atoms with Crippen LogP contribution in [0.25, 0.3) is 0 Å². The fourth-order valence-electron chi connectivity index (χ4n) is 3.58. The fourth-order valence-corrected chi connectivity index (χ4v) is 5.54. The van der Waals surface area contributed by atoms with Crippen LogP contribution in [0.5, 0.6) is 5.75 Å². The van der Waals surface area contributed by atoms with E-state index in [1.165, 1.54) is 38.5 Å². The van der Waals surface area contributed by atoms with Gasteiger partial charge in [0.1, 0.15) is 11.6 Å². The van der Waals surface area contributed by atoms with E-state index in [9.17, 15) is 9.50 Å². The molecule has 2 saturated heterocycles. The van der Waals surface area contributed by atoms with Crippen molar-refractivity contribution >= 4 is 11.8 Å². The van der Waals surface area contributed by atoms with Crippen molar-refractivity contribution in [3.8, 4) is 5.75 Å². The van der Waals surface area contributed by atoms with E-state index in [1.807, 2.05) is 17.8 Å². The highest BCUT2D eigenvalue weighted by molar-refractivity contribution is 8.00. The second-order valence-electron chi connectivity index (χ2n) is 6.12. The van der Waals surface area contributed by atoms with Gasteiger partial charge in [0.2, 0.25) is 0 Å². The number of methoxy groups -OCH3 is 1. The minimum Gasteiger partial charge on any atom is -0.497 e. The topological polar surface area (TPSA) is 29.5 Å². The molecule has 110 valence electrons. The molecule has 0 amide bonds. The molecule has 1 N–H and O–H groups in total. The van der Waals surface area contributed by atoms with Crippen LogP contribution in [0.2, 0.25) is 0 Å². The first-order valence-electron chi connectivity index (χ1n) is 7.28. The van der Waals surface area contributed by atoms with Gasteiger partial charge in [-0.1, -0.05) is 6.42 Å². The fraction of sp³-hybridized carbons (Fsp3) is 0.625. The lowest BCUT2D eigenvalue weighted by molar-refractivity contribution is 0.0129. The van der Waals surface area contributed by atoms with E-state index in [0.29, 0.717) is 22.7 Å². The van der Waals surface area contributed by atoms with Gasteiger partial charge in [0.05, 0.1) is 12.7 Å². The lowest BCUT2D eigenvalue weighted by Gasteiger charge is -2.44. The van der Waals surface area contributed by atoms with Crippen LogP contribution in [0.4, 0.5) is 4.39 Å². The summed E-state index contributed by atoms with van der Waals surface area (Å²) in [7, 11) is 1.54. The number of aliphatic hydroxyl groups is 1. The molecule has 2 aliphatic heterocycles. The van der Waals surface area contributed by atoms with Crippen LogP contribution < -0.4 is 4.74 Å². The van der Waals surface area contributed by atoms with E-state index >= 15 is 0 Å². The van der Waals surface area contributed by atoms with Crippen LogP contribution in [0.3, 0.4) is 0 Å². The number of halogens is 1. The molecule has 2 fully saturated rings. The average Bonchev–Trinajstić information content (AvgIpc) is 2.36. The minimum absolute atomic E-state index is 0.298. The van der Waals surface area contributed by atoms with Crippen molar-refractivity contribution in [2.45, 2.75) is 54.6 Å². The Morgan fingerprint density at radius 3 is 2.65 bits per heavy atom.